The Labute approximate surface area is 155 Å². The number of halogens is 1. The van der Waals surface area contributed by atoms with Crippen molar-refractivity contribution in [3.8, 4) is 0 Å². The first-order chi connectivity index (χ1) is 12.6. The standard InChI is InChI=1S/C10H14FN5O8P2S/c11-4-3(1-22-25(27)24-26(19,20)21)23-9(6(4)17)16-2-13-5-7(16)14-10(12)15-8(5)18/h2-4,6,9,17,25H,1H2,(H2,19,20,21)(H3,12,14,15,18)/t3-,4?,6+,9-/m1/s1. The van der Waals surface area contributed by atoms with Crippen molar-refractivity contribution in [3.05, 3.63) is 16.7 Å². The number of H-pyrrole nitrogens is 1. The molecule has 150 valence electrons. The molecule has 1 fully saturated rings. The Morgan fingerprint density at radius 2 is 2.26 bits per heavy atom. The van der Waals surface area contributed by atoms with E-state index in [-0.39, 0.29) is 17.1 Å². The third kappa shape index (κ3) is 4.42. The molecule has 2 unspecified atom stereocenters. The van der Waals surface area contributed by atoms with Gasteiger partial charge in [0.2, 0.25) is 5.95 Å². The molecule has 0 bridgehead atoms. The number of hydrogen-bond acceptors (Lipinski definition) is 10. The van der Waals surface area contributed by atoms with E-state index >= 15 is 0 Å². The van der Waals surface area contributed by atoms with Crippen LogP contribution in [0.15, 0.2) is 11.1 Å². The van der Waals surface area contributed by atoms with E-state index < -0.39 is 51.7 Å². The summed E-state index contributed by atoms with van der Waals surface area (Å²) in [6.45, 7) is -0.519. The molecule has 0 aromatic carbocycles. The first-order valence-corrected chi connectivity index (χ1v) is 11.2. The van der Waals surface area contributed by atoms with Crippen LogP contribution in [0.5, 0.6) is 0 Å². The van der Waals surface area contributed by atoms with Gasteiger partial charge in [0.25, 0.3) is 5.56 Å². The summed E-state index contributed by atoms with van der Waals surface area (Å²) in [7, 11) is -7.62. The van der Waals surface area contributed by atoms with E-state index in [0.29, 0.717) is 0 Å². The number of hydrogen-bond donors (Lipinski definition) is 5. The Balaban J connectivity index is 1.77. The molecule has 1 saturated heterocycles. The zero-order valence-corrected chi connectivity index (χ0v) is 15.8. The predicted molar refractivity (Wildman–Crippen MR) is 92.1 cm³/mol. The molecule has 0 radical (unpaired) electrons. The molecule has 0 amide bonds. The minimum atomic E-state index is -4.83. The molecule has 6 N–H and O–H groups in total. The van der Waals surface area contributed by atoms with Gasteiger partial charge in [-0.15, -0.1) is 0 Å². The lowest BCUT2D eigenvalue weighted by molar-refractivity contribution is -0.0457. The van der Waals surface area contributed by atoms with Crippen molar-refractivity contribution in [1.82, 2.24) is 19.5 Å². The van der Waals surface area contributed by atoms with Crippen LogP contribution in [0.2, 0.25) is 0 Å². The van der Waals surface area contributed by atoms with Crippen LogP contribution in [0.1, 0.15) is 6.23 Å². The van der Waals surface area contributed by atoms with Crippen molar-refractivity contribution in [1.29, 1.82) is 0 Å². The van der Waals surface area contributed by atoms with Crippen LogP contribution >= 0.6 is 15.0 Å². The Kier molecular flexibility index (Phi) is 5.77. The van der Waals surface area contributed by atoms with E-state index in [1.165, 1.54) is 0 Å². The summed E-state index contributed by atoms with van der Waals surface area (Å²) >= 11 is 4.64. The minimum absolute atomic E-state index is 0.0214. The summed E-state index contributed by atoms with van der Waals surface area (Å²) in [6, 6.07) is 0. The lowest BCUT2D eigenvalue weighted by Gasteiger charge is -2.16. The van der Waals surface area contributed by atoms with Crippen LogP contribution in [0.3, 0.4) is 0 Å². The number of ether oxygens (including phenoxy) is 1. The number of aliphatic hydroxyl groups excluding tert-OH is 1. The number of aromatic amines is 1. The number of fused-ring (bicyclic) bond motifs is 1. The number of nitrogen functional groups attached to an aromatic ring is 1. The molecule has 5 atom stereocenters. The van der Waals surface area contributed by atoms with Gasteiger partial charge in [-0.05, 0) is 11.8 Å². The topological polar surface area (TPSA) is 195 Å². The van der Waals surface area contributed by atoms with Gasteiger partial charge in [0.15, 0.2) is 30.7 Å². The fraction of sp³-hybridized carbons (Fsp3) is 0.500. The van der Waals surface area contributed by atoms with Gasteiger partial charge in [-0.2, -0.15) is 4.98 Å². The molecular formula is C10H14FN5O8P2S. The molecule has 17 heteroatoms. The highest BCUT2D eigenvalue weighted by molar-refractivity contribution is 8.02. The fourth-order valence-electron chi connectivity index (χ4n) is 2.48. The highest BCUT2D eigenvalue weighted by Crippen LogP contribution is 2.48. The monoisotopic (exact) mass is 445 g/mol. The first-order valence-electron chi connectivity index (χ1n) is 7.18. The smallest absolute Gasteiger partial charge is 0.385 e. The molecule has 13 nitrogen and oxygen atoms in total. The van der Waals surface area contributed by atoms with Crippen LogP contribution in [0, 0.1) is 0 Å². The molecule has 2 aromatic heterocycles. The van der Waals surface area contributed by atoms with Gasteiger partial charge in [0, 0.05) is 0 Å². The number of rotatable bonds is 6. The van der Waals surface area contributed by atoms with E-state index in [1.807, 2.05) is 0 Å². The van der Waals surface area contributed by atoms with Gasteiger partial charge in [-0.3, -0.25) is 14.3 Å². The lowest BCUT2D eigenvalue weighted by atomic mass is 10.1. The average molecular weight is 445 g/mol. The second-order valence-corrected chi connectivity index (χ2v) is 8.92. The van der Waals surface area contributed by atoms with Crippen molar-refractivity contribution >= 4 is 43.9 Å². The molecule has 3 rings (SSSR count). The number of nitrogens with two attached hydrogens (primary N) is 1. The van der Waals surface area contributed by atoms with Gasteiger partial charge in [0.05, 0.1) is 12.9 Å². The van der Waals surface area contributed by atoms with Gasteiger partial charge in [-0.1, -0.05) is 0 Å². The Hall–Kier alpha value is -1.28. The molecule has 0 saturated carbocycles. The molecule has 1 aliphatic heterocycles. The normalized spacial score (nSPS) is 27.3. The van der Waals surface area contributed by atoms with Crippen molar-refractivity contribution in [2.75, 3.05) is 12.3 Å². The van der Waals surface area contributed by atoms with Crippen LogP contribution in [0.25, 0.3) is 11.2 Å². The van der Waals surface area contributed by atoms with Gasteiger partial charge < -0.3 is 29.9 Å². The Morgan fingerprint density at radius 3 is 2.93 bits per heavy atom. The van der Waals surface area contributed by atoms with Crippen LogP contribution in [-0.2, 0) is 29.9 Å². The van der Waals surface area contributed by atoms with E-state index in [9.17, 15) is 18.9 Å². The quantitative estimate of drug-likeness (QED) is 0.338. The second kappa shape index (κ2) is 7.62. The van der Waals surface area contributed by atoms with Crippen molar-refractivity contribution < 1.29 is 37.4 Å². The number of anilines is 1. The third-order valence-corrected chi connectivity index (χ3v) is 6.55. The van der Waals surface area contributed by atoms with E-state index in [2.05, 4.69) is 31.1 Å². The number of nitrogens with zero attached hydrogens (tertiary/aromatic N) is 3. The maximum atomic E-state index is 14.4. The van der Waals surface area contributed by atoms with Gasteiger partial charge in [-0.25, -0.2) is 18.3 Å². The van der Waals surface area contributed by atoms with Crippen LogP contribution < -0.4 is 11.3 Å². The number of nitrogens with one attached hydrogen (secondary N) is 1. The van der Waals surface area contributed by atoms with Crippen molar-refractivity contribution in [3.63, 3.8) is 0 Å². The largest absolute Gasteiger partial charge is 0.475 e. The van der Waals surface area contributed by atoms with Gasteiger partial charge in [0.1, 0.15) is 12.2 Å². The highest BCUT2D eigenvalue weighted by atomic mass is 32.4. The summed E-state index contributed by atoms with van der Waals surface area (Å²) < 4.78 is 40.7. The van der Waals surface area contributed by atoms with Crippen LogP contribution in [-0.4, -0.2) is 59.4 Å². The number of phosphoric acid groups is 1. The second-order valence-electron chi connectivity index (χ2n) is 5.42. The summed E-state index contributed by atoms with van der Waals surface area (Å²) in [5.74, 6) is -0.202. The van der Waals surface area contributed by atoms with Gasteiger partial charge >= 0.3 is 7.82 Å². The Morgan fingerprint density at radius 1 is 1.56 bits per heavy atom. The summed E-state index contributed by atoms with van der Waals surface area (Å²) in [4.78, 5) is 39.1. The zero-order valence-electron chi connectivity index (χ0n) is 13.1. The molecule has 27 heavy (non-hydrogen) atoms. The maximum Gasteiger partial charge on any atom is 0.475 e. The summed E-state index contributed by atoms with van der Waals surface area (Å²) in [6.07, 6.45) is -5.07. The lowest BCUT2D eigenvalue weighted by Crippen LogP contribution is -2.29. The number of alkyl halides is 1. The highest BCUT2D eigenvalue weighted by Gasteiger charge is 2.46. The molecule has 2 aromatic rings. The fourth-order valence-corrected chi connectivity index (χ4v) is 4.84. The molecule has 0 aliphatic carbocycles. The number of imidazole rings is 1. The van der Waals surface area contributed by atoms with E-state index in [1.54, 1.807) is 0 Å². The number of aliphatic hydroxyl groups is 1. The van der Waals surface area contributed by atoms with Crippen molar-refractivity contribution in [2.45, 2.75) is 24.6 Å². The van der Waals surface area contributed by atoms with Crippen LogP contribution in [0.4, 0.5) is 10.3 Å². The summed E-state index contributed by atoms with van der Waals surface area (Å²) in [5, 5.41) is 10.1. The van der Waals surface area contributed by atoms with E-state index in [4.69, 9.17) is 24.8 Å². The average Bonchev–Trinajstić information content (AvgIpc) is 3.07. The third-order valence-electron chi connectivity index (χ3n) is 3.57. The molecule has 0 spiro atoms. The molecule has 1 aliphatic rings. The van der Waals surface area contributed by atoms with Crippen molar-refractivity contribution in [2.24, 2.45) is 0 Å². The summed E-state index contributed by atoms with van der Waals surface area (Å²) in [5.41, 5.74) is 4.76. The minimum Gasteiger partial charge on any atom is -0.385 e. The first kappa shape index (κ1) is 20.5. The molecular weight excluding hydrogens is 431 g/mol. The predicted octanol–water partition coefficient (Wildman–Crippen LogP) is -1.07. The maximum absolute atomic E-state index is 14.4. The number of aromatic nitrogens is 4. The molecule has 3 heterocycles. The van der Waals surface area contributed by atoms with E-state index in [0.717, 1.165) is 10.9 Å². The Bertz CT molecular complexity index is 980. The zero-order chi connectivity index (χ0) is 19.9. The SMILES string of the molecule is Nc1nc2c(ncn2[C@@H]2O[C@H](CO[PH](=S)OP(=O)(O)O)C(F)[C@@H]2O)c(=O)[nH]1.